The SMILES string of the molecule is Cc1coc(-c2c(F)ccc(N)c2F)n1. The van der Waals surface area contributed by atoms with Gasteiger partial charge in [-0.2, -0.15) is 0 Å². The molecule has 2 N–H and O–H groups in total. The first-order chi connectivity index (χ1) is 7.09. The number of rotatable bonds is 1. The molecule has 78 valence electrons. The van der Waals surface area contributed by atoms with Crippen molar-refractivity contribution in [3.8, 4) is 11.5 Å². The molecule has 0 amide bonds. The minimum Gasteiger partial charge on any atom is -0.444 e. The fourth-order valence-corrected chi connectivity index (χ4v) is 1.23. The van der Waals surface area contributed by atoms with Crippen LogP contribution < -0.4 is 5.73 Å². The first-order valence-electron chi connectivity index (χ1n) is 4.25. The number of nitrogen functional groups attached to an aromatic ring is 1. The molecule has 0 radical (unpaired) electrons. The van der Waals surface area contributed by atoms with Gasteiger partial charge in [-0.3, -0.25) is 0 Å². The first kappa shape index (κ1) is 9.64. The summed E-state index contributed by atoms with van der Waals surface area (Å²) in [4.78, 5) is 3.84. The maximum atomic E-state index is 13.5. The highest BCUT2D eigenvalue weighted by molar-refractivity contribution is 5.62. The molecule has 1 heterocycles. The first-order valence-corrected chi connectivity index (χ1v) is 4.25. The Hall–Kier alpha value is -1.91. The lowest BCUT2D eigenvalue weighted by atomic mass is 10.1. The molecule has 1 aromatic carbocycles. The van der Waals surface area contributed by atoms with Crippen molar-refractivity contribution < 1.29 is 13.2 Å². The fourth-order valence-electron chi connectivity index (χ4n) is 1.23. The largest absolute Gasteiger partial charge is 0.444 e. The van der Waals surface area contributed by atoms with Crippen LogP contribution in [0.2, 0.25) is 0 Å². The van der Waals surface area contributed by atoms with Crippen LogP contribution in [-0.4, -0.2) is 4.98 Å². The third kappa shape index (κ3) is 1.56. The van der Waals surface area contributed by atoms with E-state index in [0.29, 0.717) is 5.69 Å². The smallest absolute Gasteiger partial charge is 0.232 e. The maximum absolute atomic E-state index is 13.5. The van der Waals surface area contributed by atoms with E-state index in [0.717, 1.165) is 12.1 Å². The molecule has 5 heteroatoms. The predicted octanol–water partition coefficient (Wildman–Crippen LogP) is 2.51. The average molecular weight is 210 g/mol. The molecule has 15 heavy (non-hydrogen) atoms. The van der Waals surface area contributed by atoms with E-state index < -0.39 is 11.6 Å². The number of aromatic nitrogens is 1. The van der Waals surface area contributed by atoms with Crippen molar-refractivity contribution in [3.63, 3.8) is 0 Å². The van der Waals surface area contributed by atoms with Gasteiger partial charge in [0.15, 0.2) is 5.82 Å². The molecule has 0 aliphatic rings. The van der Waals surface area contributed by atoms with E-state index >= 15 is 0 Å². The minimum absolute atomic E-state index is 0.102. The van der Waals surface area contributed by atoms with Crippen LogP contribution in [0.25, 0.3) is 11.5 Å². The van der Waals surface area contributed by atoms with Crippen LogP contribution in [-0.2, 0) is 0 Å². The third-order valence-corrected chi connectivity index (χ3v) is 1.95. The second kappa shape index (κ2) is 3.34. The predicted molar refractivity (Wildman–Crippen MR) is 51.0 cm³/mol. The topological polar surface area (TPSA) is 52.0 Å². The fraction of sp³-hybridized carbons (Fsp3) is 0.100. The van der Waals surface area contributed by atoms with E-state index in [9.17, 15) is 8.78 Å². The van der Waals surface area contributed by atoms with Crippen molar-refractivity contribution in [2.24, 2.45) is 0 Å². The van der Waals surface area contributed by atoms with Gasteiger partial charge in [0.2, 0.25) is 5.89 Å². The van der Waals surface area contributed by atoms with Gasteiger partial charge in [0.05, 0.1) is 11.4 Å². The molecular formula is C10H8F2N2O. The lowest BCUT2D eigenvalue weighted by Crippen LogP contribution is -1.96. The molecular weight excluding hydrogens is 202 g/mol. The summed E-state index contributed by atoms with van der Waals surface area (Å²) in [5.41, 5.74) is 5.40. The Morgan fingerprint density at radius 1 is 1.33 bits per heavy atom. The summed E-state index contributed by atoms with van der Waals surface area (Å²) in [6, 6.07) is 2.23. The molecule has 0 aliphatic heterocycles. The van der Waals surface area contributed by atoms with Crippen LogP contribution in [0.15, 0.2) is 22.8 Å². The number of hydrogen-bond donors (Lipinski definition) is 1. The molecule has 2 rings (SSSR count). The number of hydrogen-bond acceptors (Lipinski definition) is 3. The van der Waals surface area contributed by atoms with Crippen LogP contribution in [0, 0.1) is 18.6 Å². The monoisotopic (exact) mass is 210 g/mol. The summed E-state index contributed by atoms with van der Waals surface area (Å²) in [7, 11) is 0. The lowest BCUT2D eigenvalue weighted by molar-refractivity contribution is 0.542. The third-order valence-electron chi connectivity index (χ3n) is 1.95. The average Bonchev–Trinajstić information content (AvgIpc) is 2.59. The Morgan fingerprint density at radius 2 is 2.07 bits per heavy atom. The van der Waals surface area contributed by atoms with Gasteiger partial charge in [0, 0.05) is 0 Å². The van der Waals surface area contributed by atoms with Crippen molar-refractivity contribution in [1.29, 1.82) is 0 Å². The molecule has 0 atom stereocenters. The zero-order valence-electron chi connectivity index (χ0n) is 7.92. The Balaban J connectivity index is 2.66. The number of nitrogens with zero attached hydrogens (tertiary/aromatic N) is 1. The van der Waals surface area contributed by atoms with E-state index in [-0.39, 0.29) is 17.1 Å². The van der Waals surface area contributed by atoms with Crippen LogP contribution in [0.5, 0.6) is 0 Å². The molecule has 0 aliphatic carbocycles. The van der Waals surface area contributed by atoms with Crippen molar-refractivity contribution in [2.75, 3.05) is 5.73 Å². The van der Waals surface area contributed by atoms with Crippen LogP contribution in [0.4, 0.5) is 14.5 Å². The van der Waals surface area contributed by atoms with Gasteiger partial charge in [-0.05, 0) is 19.1 Å². The number of aryl methyl sites for hydroxylation is 1. The minimum atomic E-state index is -0.850. The number of anilines is 1. The van der Waals surface area contributed by atoms with Gasteiger partial charge in [-0.1, -0.05) is 0 Å². The summed E-state index contributed by atoms with van der Waals surface area (Å²) in [6.07, 6.45) is 1.32. The number of oxazole rings is 1. The molecule has 0 saturated carbocycles. The van der Waals surface area contributed by atoms with Gasteiger partial charge in [0.25, 0.3) is 0 Å². The quantitative estimate of drug-likeness (QED) is 0.736. The number of nitrogens with two attached hydrogens (primary N) is 1. The normalized spacial score (nSPS) is 10.6. The lowest BCUT2D eigenvalue weighted by Gasteiger charge is -2.02. The van der Waals surface area contributed by atoms with Crippen molar-refractivity contribution in [2.45, 2.75) is 6.92 Å². The maximum Gasteiger partial charge on any atom is 0.232 e. The highest BCUT2D eigenvalue weighted by atomic mass is 19.1. The molecule has 3 nitrogen and oxygen atoms in total. The van der Waals surface area contributed by atoms with E-state index in [2.05, 4.69) is 4.98 Å². The standard InChI is InChI=1S/C10H8F2N2O/c1-5-4-15-10(14-5)8-6(11)2-3-7(13)9(8)12/h2-4H,13H2,1H3. The van der Waals surface area contributed by atoms with Crippen LogP contribution in [0.1, 0.15) is 5.69 Å². The Kier molecular flexibility index (Phi) is 2.15. The molecule has 0 bridgehead atoms. The summed E-state index contributed by atoms with van der Waals surface area (Å²) in [5, 5.41) is 0. The zero-order valence-corrected chi connectivity index (χ0v) is 7.92. The van der Waals surface area contributed by atoms with Crippen LogP contribution in [0.3, 0.4) is 0 Å². The summed E-state index contributed by atoms with van der Waals surface area (Å²) >= 11 is 0. The molecule has 2 aromatic rings. The molecule has 0 fully saturated rings. The zero-order chi connectivity index (χ0) is 11.0. The van der Waals surface area contributed by atoms with Gasteiger partial charge in [-0.15, -0.1) is 0 Å². The highest BCUT2D eigenvalue weighted by Gasteiger charge is 2.18. The van der Waals surface area contributed by atoms with E-state index in [4.69, 9.17) is 10.2 Å². The van der Waals surface area contributed by atoms with E-state index in [1.54, 1.807) is 6.92 Å². The second-order valence-electron chi connectivity index (χ2n) is 3.12. The summed E-state index contributed by atoms with van der Waals surface area (Å²) < 4.78 is 31.7. The van der Waals surface area contributed by atoms with E-state index in [1.165, 1.54) is 6.26 Å². The Labute approximate surface area is 84.5 Å². The molecule has 0 saturated heterocycles. The van der Waals surface area contributed by atoms with Gasteiger partial charge in [0.1, 0.15) is 17.6 Å². The number of halogens is 2. The van der Waals surface area contributed by atoms with Crippen LogP contribution >= 0.6 is 0 Å². The van der Waals surface area contributed by atoms with Crippen molar-refractivity contribution in [3.05, 3.63) is 35.7 Å². The van der Waals surface area contributed by atoms with Gasteiger partial charge >= 0.3 is 0 Å². The van der Waals surface area contributed by atoms with Gasteiger partial charge < -0.3 is 10.2 Å². The number of benzene rings is 1. The van der Waals surface area contributed by atoms with Crippen molar-refractivity contribution >= 4 is 5.69 Å². The Bertz CT molecular complexity index is 508. The summed E-state index contributed by atoms with van der Waals surface area (Å²) in [5.74, 6) is -1.70. The van der Waals surface area contributed by atoms with Crippen molar-refractivity contribution in [1.82, 2.24) is 4.98 Å². The highest BCUT2D eigenvalue weighted by Crippen LogP contribution is 2.28. The molecule has 1 aromatic heterocycles. The second-order valence-corrected chi connectivity index (χ2v) is 3.12. The Morgan fingerprint density at radius 3 is 2.67 bits per heavy atom. The van der Waals surface area contributed by atoms with Gasteiger partial charge in [-0.25, -0.2) is 13.8 Å². The summed E-state index contributed by atoms with van der Waals surface area (Å²) in [6.45, 7) is 1.66. The molecule has 0 spiro atoms. The molecule has 0 unspecified atom stereocenters. The van der Waals surface area contributed by atoms with E-state index in [1.807, 2.05) is 0 Å².